The Morgan fingerprint density at radius 3 is 0.844 bits per heavy atom. The van der Waals surface area contributed by atoms with Crippen LogP contribution >= 0.6 is 0 Å². The van der Waals surface area contributed by atoms with Crippen molar-refractivity contribution in [2.24, 2.45) is 0 Å². The van der Waals surface area contributed by atoms with E-state index in [1.165, 1.54) is 173 Å². The van der Waals surface area contributed by atoms with Crippen LogP contribution in [0.5, 0.6) is 0 Å². The fraction of sp³-hybridized carbons (Fsp3) is 0.732. The minimum absolute atomic E-state index is 0.0918. The lowest BCUT2D eigenvalue weighted by Crippen LogP contribution is -2.30. The fourth-order valence-electron chi connectivity index (χ4n) is 9.14. The predicted octanol–water partition coefficient (Wildman–Crippen LogP) is 22.4. The Hall–Kier alpha value is -3.67. The Labute approximate surface area is 477 Å². The number of ether oxygens (including phenoxy) is 3. The molecule has 0 aliphatic rings. The number of allylic oxidation sites excluding steroid dienone is 16. The highest BCUT2D eigenvalue weighted by Crippen LogP contribution is 2.16. The standard InChI is InChI=1S/C71H122O6/c1-4-7-10-13-16-19-22-25-28-31-34-35-38-40-43-46-49-52-55-58-61-64-70(73)76-67-68(77-71(74)65-62-59-56-53-50-47-44-41-37-33-30-27-24-21-18-15-12-9-6-3)66-75-69(72)63-60-57-54-51-48-45-42-39-36-32-29-26-23-20-17-14-11-8-5-2/h9,12,17-18,20-21,25-30,37,41,47,50,68H,4-8,10-11,13-16,19,22-24,31-36,38-40,42-46,48-49,51-67H2,1-3H3/b12-9-,20-17-,21-18-,28-25-,29-26-,30-27-,41-37-,50-47-/t68-/m1/s1. The van der Waals surface area contributed by atoms with Crippen LogP contribution in [0.3, 0.4) is 0 Å². The lowest BCUT2D eigenvalue weighted by Gasteiger charge is -2.18. The summed E-state index contributed by atoms with van der Waals surface area (Å²) in [4.78, 5) is 38.4. The van der Waals surface area contributed by atoms with Crippen LogP contribution < -0.4 is 0 Å². The highest BCUT2D eigenvalue weighted by Gasteiger charge is 2.19. The van der Waals surface area contributed by atoms with Crippen LogP contribution in [-0.4, -0.2) is 37.2 Å². The zero-order valence-corrected chi connectivity index (χ0v) is 50.7. The van der Waals surface area contributed by atoms with Crippen molar-refractivity contribution in [3.63, 3.8) is 0 Å². The number of hydrogen-bond donors (Lipinski definition) is 0. The quantitative estimate of drug-likeness (QED) is 0.0261. The van der Waals surface area contributed by atoms with Gasteiger partial charge in [0, 0.05) is 19.3 Å². The van der Waals surface area contributed by atoms with Gasteiger partial charge in [0.05, 0.1) is 0 Å². The first-order chi connectivity index (χ1) is 38.0. The molecule has 6 nitrogen and oxygen atoms in total. The molecule has 442 valence electrons. The molecule has 0 aromatic heterocycles. The lowest BCUT2D eigenvalue weighted by molar-refractivity contribution is -0.167. The Balaban J connectivity index is 4.43. The molecule has 0 aliphatic carbocycles. The van der Waals surface area contributed by atoms with Gasteiger partial charge in [-0.2, -0.15) is 0 Å². The van der Waals surface area contributed by atoms with Crippen LogP contribution in [0.4, 0.5) is 0 Å². The van der Waals surface area contributed by atoms with E-state index in [-0.39, 0.29) is 37.5 Å². The van der Waals surface area contributed by atoms with Crippen molar-refractivity contribution in [1.29, 1.82) is 0 Å². The summed E-state index contributed by atoms with van der Waals surface area (Å²) in [5.41, 5.74) is 0. The number of carbonyl (C=O) groups is 3. The molecule has 0 saturated heterocycles. The number of esters is 3. The van der Waals surface area contributed by atoms with E-state index in [9.17, 15) is 14.4 Å². The summed E-state index contributed by atoms with van der Waals surface area (Å²) in [6.07, 6.45) is 86.9. The molecule has 0 saturated carbocycles. The van der Waals surface area contributed by atoms with E-state index >= 15 is 0 Å². The summed E-state index contributed by atoms with van der Waals surface area (Å²) < 4.78 is 16.9. The molecule has 0 unspecified atom stereocenters. The molecule has 0 aromatic carbocycles. The van der Waals surface area contributed by atoms with E-state index < -0.39 is 6.10 Å². The third-order valence-electron chi connectivity index (χ3n) is 14.0. The monoisotopic (exact) mass is 1070 g/mol. The molecular formula is C71H122O6. The van der Waals surface area contributed by atoms with E-state index in [0.29, 0.717) is 12.8 Å². The Morgan fingerprint density at radius 2 is 0.506 bits per heavy atom. The van der Waals surface area contributed by atoms with Gasteiger partial charge in [-0.25, -0.2) is 0 Å². The van der Waals surface area contributed by atoms with Gasteiger partial charge in [0.2, 0.25) is 0 Å². The minimum atomic E-state index is -0.800. The third-order valence-corrected chi connectivity index (χ3v) is 14.0. The molecule has 0 heterocycles. The Kier molecular flexibility index (Phi) is 61.8. The molecular weight excluding hydrogens is 949 g/mol. The summed E-state index contributed by atoms with van der Waals surface area (Å²) in [5, 5.41) is 0. The molecule has 0 N–H and O–H groups in total. The van der Waals surface area contributed by atoms with E-state index in [0.717, 1.165) is 103 Å². The number of unbranched alkanes of at least 4 members (excludes halogenated alkanes) is 32. The maximum Gasteiger partial charge on any atom is 0.306 e. The first-order valence-corrected chi connectivity index (χ1v) is 32.7. The van der Waals surface area contributed by atoms with E-state index in [4.69, 9.17) is 14.2 Å². The predicted molar refractivity (Wildman–Crippen MR) is 334 cm³/mol. The molecule has 77 heavy (non-hydrogen) atoms. The summed E-state index contributed by atoms with van der Waals surface area (Å²) in [6, 6.07) is 0. The van der Waals surface area contributed by atoms with Crippen LogP contribution in [0, 0.1) is 0 Å². The highest BCUT2D eigenvalue weighted by molar-refractivity contribution is 5.71. The van der Waals surface area contributed by atoms with Gasteiger partial charge >= 0.3 is 17.9 Å². The maximum atomic E-state index is 12.9. The van der Waals surface area contributed by atoms with E-state index in [1.807, 2.05) is 0 Å². The van der Waals surface area contributed by atoms with Gasteiger partial charge in [-0.1, -0.05) is 272 Å². The number of hydrogen-bond acceptors (Lipinski definition) is 6. The van der Waals surface area contributed by atoms with Crippen molar-refractivity contribution < 1.29 is 28.6 Å². The Morgan fingerprint density at radius 1 is 0.273 bits per heavy atom. The first-order valence-electron chi connectivity index (χ1n) is 32.7. The molecule has 0 amide bonds. The second-order valence-corrected chi connectivity index (χ2v) is 21.6. The summed E-state index contributed by atoms with van der Waals surface area (Å²) >= 11 is 0. The van der Waals surface area contributed by atoms with Crippen LogP contribution in [0.15, 0.2) is 97.2 Å². The van der Waals surface area contributed by atoms with Crippen LogP contribution in [0.2, 0.25) is 0 Å². The second-order valence-electron chi connectivity index (χ2n) is 21.6. The van der Waals surface area contributed by atoms with Gasteiger partial charge in [-0.15, -0.1) is 0 Å². The SMILES string of the molecule is CC/C=C\C/C=C\C/C=C\C/C=C\C/C=C\CCCCCC(=O)O[C@H](COC(=O)CCCCCCCCCCC/C=C\C/C=C\CCCCC)COC(=O)CCCCCCCCCCCCC/C=C\CCCCCCCC. The number of rotatable bonds is 59. The van der Waals surface area contributed by atoms with Gasteiger partial charge < -0.3 is 14.2 Å². The van der Waals surface area contributed by atoms with Crippen molar-refractivity contribution >= 4 is 17.9 Å². The summed E-state index contributed by atoms with van der Waals surface area (Å²) in [7, 11) is 0. The number of carbonyl (C=O) groups excluding carboxylic acids is 3. The zero-order valence-electron chi connectivity index (χ0n) is 50.7. The van der Waals surface area contributed by atoms with Crippen molar-refractivity contribution in [3.05, 3.63) is 97.2 Å². The molecule has 0 fully saturated rings. The van der Waals surface area contributed by atoms with Crippen molar-refractivity contribution in [1.82, 2.24) is 0 Å². The van der Waals surface area contributed by atoms with Gasteiger partial charge in [-0.05, 0) is 122 Å². The molecule has 1 atom stereocenters. The van der Waals surface area contributed by atoms with E-state index in [2.05, 4.69) is 118 Å². The van der Waals surface area contributed by atoms with Crippen molar-refractivity contribution in [3.8, 4) is 0 Å². The van der Waals surface area contributed by atoms with Gasteiger partial charge in [0.1, 0.15) is 13.2 Å². The largest absolute Gasteiger partial charge is 0.462 e. The molecule has 0 aliphatic heterocycles. The molecule has 0 spiro atoms. The van der Waals surface area contributed by atoms with Gasteiger partial charge in [0.15, 0.2) is 6.10 Å². The average molecular weight is 1070 g/mol. The van der Waals surface area contributed by atoms with Crippen LogP contribution in [0.25, 0.3) is 0 Å². The molecule has 6 heteroatoms. The Bertz CT molecular complexity index is 1510. The maximum absolute atomic E-state index is 12.9. The first kappa shape index (κ1) is 73.3. The molecule has 0 radical (unpaired) electrons. The summed E-state index contributed by atoms with van der Waals surface area (Å²) in [6.45, 7) is 6.50. The van der Waals surface area contributed by atoms with Crippen molar-refractivity contribution in [2.45, 2.75) is 322 Å². The van der Waals surface area contributed by atoms with Crippen LogP contribution in [0.1, 0.15) is 316 Å². The molecule has 0 aromatic rings. The van der Waals surface area contributed by atoms with Gasteiger partial charge in [-0.3, -0.25) is 14.4 Å². The lowest BCUT2D eigenvalue weighted by atomic mass is 10.0. The summed E-state index contributed by atoms with van der Waals surface area (Å²) in [5.74, 6) is -0.918. The average Bonchev–Trinajstić information content (AvgIpc) is 3.43. The third kappa shape index (κ3) is 63.0. The van der Waals surface area contributed by atoms with E-state index in [1.54, 1.807) is 0 Å². The smallest absolute Gasteiger partial charge is 0.306 e. The minimum Gasteiger partial charge on any atom is -0.462 e. The second kappa shape index (κ2) is 64.9. The van der Waals surface area contributed by atoms with Crippen LogP contribution in [-0.2, 0) is 28.6 Å². The van der Waals surface area contributed by atoms with Crippen molar-refractivity contribution in [2.75, 3.05) is 13.2 Å². The normalized spacial score (nSPS) is 12.7. The zero-order chi connectivity index (χ0) is 55.7. The molecule has 0 bridgehead atoms. The highest BCUT2D eigenvalue weighted by atomic mass is 16.6. The topological polar surface area (TPSA) is 78.9 Å². The van der Waals surface area contributed by atoms with Gasteiger partial charge in [0.25, 0.3) is 0 Å². The molecule has 0 rings (SSSR count). The fourth-order valence-corrected chi connectivity index (χ4v) is 9.14.